The fourth-order valence-electron chi connectivity index (χ4n) is 1.63. The molecule has 0 saturated heterocycles. The fraction of sp³-hybridized carbons (Fsp3) is 0.167. The highest BCUT2D eigenvalue weighted by atomic mass is 32.1. The van der Waals surface area contributed by atoms with Crippen LogP contribution in [0.4, 0.5) is 0 Å². The van der Waals surface area contributed by atoms with Gasteiger partial charge in [-0.25, -0.2) is 0 Å². The third-order valence-corrected chi connectivity index (χ3v) is 3.28. The van der Waals surface area contributed by atoms with E-state index in [2.05, 4.69) is 15.1 Å². The molecule has 0 fully saturated rings. The summed E-state index contributed by atoms with van der Waals surface area (Å²) in [5, 5.41) is 5.84. The summed E-state index contributed by atoms with van der Waals surface area (Å²) >= 11 is 1.61. The van der Waals surface area contributed by atoms with Gasteiger partial charge in [0.2, 0.25) is 11.7 Å². The van der Waals surface area contributed by atoms with Gasteiger partial charge in [-0.15, -0.1) is 11.3 Å². The normalized spacial score (nSPS) is 10.9. The Morgan fingerprint density at radius 3 is 3.22 bits per heavy atom. The van der Waals surface area contributed by atoms with Crippen LogP contribution in [0.1, 0.15) is 12.8 Å². The van der Waals surface area contributed by atoms with Crippen molar-refractivity contribution >= 4 is 27.3 Å². The van der Waals surface area contributed by atoms with Gasteiger partial charge < -0.3 is 4.52 Å². The highest BCUT2D eigenvalue weighted by molar-refractivity contribution is 7.17. The topological polar surface area (TPSA) is 68.9 Å². The van der Waals surface area contributed by atoms with Gasteiger partial charge >= 0.3 is 0 Å². The van der Waals surface area contributed by atoms with E-state index in [0.29, 0.717) is 11.7 Å². The summed E-state index contributed by atoms with van der Waals surface area (Å²) in [5.41, 5.74) is 1.75. The molecule has 0 amide bonds. The molecule has 0 radical (unpaired) electrons. The van der Waals surface area contributed by atoms with Crippen molar-refractivity contribution in [2.24, 2.45) is 0 Å². The van der Waals surface area contributed by atoms with Crippen LogP contribution in [0.2, 0.25) is 0 Å². The number of carbonyl (C=O) groups excluding carboxylic acids is 1. The monoisotopic (exact) mass is 259 g/mol. The lowest BCUT2D eigenvalue weighted by atomic mass is 10.2. The van der Waals surface area contributed by atoms with Gasteiger partial charge in [-0.2, -0.15) is 4.98 Å². The summed E-state index contributed by atoms with van der Waals surface area (Å²) < 4.78 is 6.09. The number of hydrogen-bond donors (Lipinski definition) is 0. The second-order valence-corrected chi connectivity index (χ2v) is 4.87. The number of Topliss-reactive ketones (excluding diaryl/α,β-unsaturated/α-hetero) is 1. The van der Waals surface area contributed by atoms with E-state index in [-0.39, 0.29) is 12.2 Å². The third kappa shape index (κ3) is 2.02. The highest BCUT2D eigenvalue weighted by Crippen LogP contribution is 2.24. The molecule has 0 aliphatic heterocycles. The molecule has 0 atom stereocenters. The maximum atomic E-state index is 11.0. The Kier molecular flexibility index (Phi) is 2.64. The molecule has 0 spiro atoms. The Balaban J connectivity index is 1.97. The van der Waals surface area contributed by atoms with E-state index in [1.54, 1.807) is 17.5 Å². The lowest BCUT2D eigenvalue weighted by Gasteiger charge is -1.93. The predicted octanol–water partition coefficient (Wildman–Crippen LogP) is 2.48. The van der Waals surface area contributed by atoms with Crippen LogP contribution in [0, 0.1) is 0 Å². The highest BCUT2D eigenvalue weighted by Gasteiger charge is 2.11. The van der Waals surface area contributed by atoms with Crippen LogP contribution in [0.25, 0.3) is 21.6 Å². The zero-order valence-electron chi connectivity index (χ0n) is 9.58. The molecule has 3 heterocycles. The molecular formula is C12H9N3O2S. The van der Waals surface area contributed by atoms with Gasteiger partial charge in [0.05, 0.1) is 16.6 Å². The molecule has 0 bridgehead atoms. The van der Waals surface area contributed by atoms with Crippen LogP contribution >= 0.6 is 11.3 Å². The number of ketones is 1. The molecule has 0 aromatic carbocycles. The van der Waals surface area contributed by atoms with Crippen LogP contribution in [-0.2, 0) is 11.2 Å². The lowest BCUT2D eigenvalue weighted by molar-refractivity contribution is -0.116. The maximum absolute atomic E-state index is 11.0. The Labute approximate surface area is 106 Å². The molecule has 90 valence electrons. The molecule has 3 aromatic rings. The van der Waals surface area contributed by atoms with E-state index in [4.69, 9.17) is 4.52 Å². The number of carbonyl (C=O) groups is 1. The number of aromatic nitrogens is 3. The number of fused-ring (bicyclic) bond motifs is 1. The molecule has 6 heteroatoms. The largest absolute Gasteiger partial charge is 0.338 e. The SMILES string of the molecule is CC(=O)Cc1nc(-c2cnc3ccsc3c2)no1. The van der Waals surface area contributed by atoms with Gasteiger partial charge in [0.25, 0.3) is 0 Å². The standard InChI is InChI=1S/C12H9N3O2S/c1-7(16)4-11-14-12(15-17-11)8-5-10-9(13-6-8)2-3-18-10/h2-3,5-6H,4H2,1H3. The van der Waals surface area contributed by atoms with Gasteiger partial charge in [-0.3, -0.25) is 9.78 Å². The molecule has 0 aliphatic carbocycles. The Hall–Kier alpha value is -2.08. The summed E-state index contributed by atoms with van der Waals surface area (Å²) in [7, 11) is 0. The zero-order chi connectivity index (χ0) is 12.5. The van der Waals surface area contributed by atoms with Gasteiger partial charge in [0.15, 0.2) is 0 Å². The molecular weight excluding hydrogens is 250 g/mol. The number of rotatable bonds is 3. The zero-order valence-corrected chi connectivity index (χ0v) is 10.4. The predicted molar refractivity (Wildman–Crippen MR) is 67.3 cm³/mol. The van der Waals surface area contributed by atoms with Crippen LogP contribution < -0.4 is 0 Å². The van der Waals surface area contributed by atoms with Crippen LogP contribution in [0.15, 0.2) is 28.2 Å². The van der Waals surface area contributed by atoms with Crippen molar-refractivity contribution < 1.29 is 9.32 Å². The van der Waals surface area contributed by atoms with Crippen molar-refractivity contribution in [3.8, 4) is 11.4 Å². The first-order valence-corrected chi connectivity index (χ1v) is 6.26. The number of thiophene rings is 1. The minimum atomic E-state index is -0.00275. The van der Waals surface area contributed by atoms with Crippen LogP contribution in [0.5, 0.6) is 0 Å². The summed E-state index contributed by atoms with van der Waals surface area (Å²) in [6, 6.07) is 3.93. The smallest absolute Gasteiger partial charge is 0.234 e. The van der Waals surface area contributed by atoms with Crippen molar-refractivity contribution in [3.05, 3.63) is 29.6 Å². The summed E-state index contributed by atoms with van der Waals surface area (Å²) in [6.45, 7) is 1.49. The molecule has 0 aliphatic rings. The van der Waals surface area contributed by atoms with E-state index in [1.807, 2.05) is 17.5 Å². The number of hydrogen-bond acceptors (Lipinski definition) is 6. The lowest BCUT2D eigenvalue weighted by Crippen LogP contribution is -1.96. The van der Waals surface area contributed by atoms with Crippen LogP contribution in [-0.4, -0.2) is 20.9 Å². The van der Waals surface area contributed by atoms with Gasteiger partial charge in [0, 0.05) is 11.8 Å². The molecule has 18 heavy (non-hydrogen) atoms. The fourth-order valence-corrected chi connectivity index (χ4v) is 2.41. The molecule has 5 nitrogen and oxygen atoms in total. The van der Waals surface area contributed by atoms with Crippen molar-refractivity contribution in [2.75, 3.05) is 0 Å². The van der Waals surface area contributed by atoms with Gasteiger partial charge in [0.1, 0.15) is 5.78 Å². The van der Waals surface area contributed by atoms with Crippen molar-refractivity contribution in [3.63, 3.8) is 0 Å². The minimum absolute atomic E-state index is 0.00275. The Morgan fingerprint density at radius 2 is 2.39 bits per heavy atom. The van der Waals surface area contributed by atoms with E-state index in [1.165, 1.54) is 6.92 Å². The molecule has 0 unspecified atom stereocenters. The Bertz CT molecular complexity index is 717. The van der Waals surface area contributed by atoms with Gasteiger partial charge in [-0.1, -0.05) is 5.16 Å². The van der Waals surface area contributed by atoms with Crippen LogP contribution in [0.3, 0.4) is 0 Å². The number of nitrogens with zero attached hydrogens (tertiary/aromatic N) is 3. The molecule has 0 saturated carbocycles. The first kappa shape index (κ1) is 11.0. The van der Waals surface area contributed by atoms with Crippen molar-refractivity contribution in [1.29, 1.82) is 0 Å². The van der Waals surface area contributed by atoms with Gasteiger partial charge in [-0.05, 0) is 24.4 Å². The molecule has 3 rings (SSSR count). The minimum Gasteiger partial charge on any atom is -0.338 e. The summed E-state index contributed by atoms with van der Waals surface area (Å²) in [4.78, 5) is 19.4. The average molecular weight is 259 g/mol. The average Bonchev–Trinajstić information content (AvgIpc) is 2.95. The second kappa shape index (κ2) is 4.30. The second-order valence-electron chi connectivity index (χ2n) is 3.92. The van der Waals surface area contributed by atoms with Crippen molar-refractivity contribution in [1.82, 2.24) is 15.1 Å². The first-order valence-electron chi connectivity index (χ1n) is 5.38. The summed E-state index contributed by atoms with van der Waals surface area (Å²) in [6.07, 6.45) is 1.87. The van der Waals surface area contributed by atoms with E-state index < -0.39 is 0 Å². The first-order chi connectivity index (χ1) is 8.72. The molecule has 3 aromatic heterocycles. The molecule has 0 N–H and O–H groups in total. The van der Waals surface area contributed by atoms with E-state index in [9.17, 15) is 4.79 Å². The quantitative estimate of drug-likeness (QED) is 0.722. The number of pyridine rings is 1. The summed E-state index contributed by atoms with van der Waals surface area (Å²) in [5.74, 6) is 0.801. The van der Waals surface area contributed by atoms with E-state index >= 15 is 0 Å². The van der Waals surface area contributed by atoms with Crippen molar-refractivity contribution in [2.45, 2.75) is 13.3 Å². The third-order valence-electron chi connectivity index (χ3n) is 2.43. The van der Waals surface area contributed by atoms with E-state index in [0.717, 1.165) is 15.8 Å². The maximum Gasteiger partial charge on any atom is 0.234 e. The Morgan fingerprint density at radius 1 is 1.50 bits per heavy atom.